The molecule has 2 unspecified atom stereocenters. The summed E-state index contributed by atoms with van der Waals surface area (Å²) >= 11 is 0. The van der Waals surface area contributed by atoms with E-state index in [4.69, 9.17) is 9.84 Å². The van der Waals surface area contributed by atoms with Crippen molar-refractivity contribution >= 4 is 11.9 Å². The summed E-state index contributed by atoms with van der Waals surface area (Å²) in [7, 11) is 0. The first kappa shape index (κ1) is 13.0. The van der Waals surface area contributed by atoms with Crippen LogP contribution < -0.4 is 0 Å². The molecule has 92 valence electrons. The lowest BCUT2D eigenvalue weighted by Crippen LogP contribution is -2.47. The molecule has 2 atom stereocenters. The van der Waals surface area contributed by atoms with E-state index in [9.17, 15) is 9.59 Å². The van der Waals surface area contributed by atoms with E-state index >= 15 is 0 Å². The van der Waals surface area contributed by atoms with E-state index in [0.717, 1.165) is 19.4 Å². The van der Waals surface area contributed by atoms with Crippen molar-refractivity contribution in [1.82, 2.24) is 4.90 Å². The molecule has 0 aromatic carbocycles. The average Bonchev–Trinajstić information content (AvgIpc) is 2.21. The first-order valence-corrected chi connectivity index (χ1v) is 5.61. The van der Waals surface area contributed by atoms with E-state index in [1.807, 2.05) is 6.92 Å². The summed E-state index contributed by atoms with van der Waals surface area (Å²) in [5, 5.41) is 8.38. The van der Waals surface area contributed by atoms with Gasteiger partial charge in [-0.2, -0.15) is 0 Å². The number of piperidine rings is 1. The number of carboxylic acid groups (broad SMARTS) is 1. The van der Waals surface area contributed by atoms with E-state index < -0.39 is 12.6 Å². The summed E-state index contributed by atoms with van der Waals surface area (Å²) < 4.78 is 4.80. The van der Waals surface area contributed by atoms with Crippen molar-refractivity contribution in [1.29, 1.82) is 0 Å². The molecule has 0 spiro atoms. The van der Waals surface area contributed by atoms with Crippen LogP contribution in [0.15, 0.2) is 0 Å². The summed E-state index contributed by atoms with van der Waals surface area (Å²) in [5.41, 5.74) is 0. The normalized spacial score (nSPS) is 25.5. The second-order valence-corrected chi connectivity index (χ2v) is 4.33. The first-order valence-electron chi connectivity index (χ1n) is 5.61. The number of carboxylic acids is 1. The van der Waals surface area contributed by atoms with Crippen molar-refractivity contribution in [3.05, 3.63) is 0 Å². The Labute approximate surface area is 95.4 Å². The molecule has 16 heavy (non-hydrogen) atoms. The highest BCUT2D eigenvalue weighted by molar-refractivity contribution is 5.78. The highest BCUT2D eigenvalue weighted by Gasteiger charge is 2.28. The third-order valence-electron chi connectivity index (χ3n) is 3.15. The predicted octanol–water partition coefficient (Wildman–Crippen LogP) is 0.735. The molecule has 1 fully saturated rings. The monoisotopic (exact) mass is 229 g/mol. The topological polar surface area (TPSA) is 66.8 Å². The Bertz CT molecular complexity index is 267. The SMILES string of the molecule is CC1CCCN(C(=O)COCC(=O)O)C1C. The number of ether oxygens (including phenoxy) is 1. The molecule has 1 rings (SSSR count). The summed E-state index contributed by atoms with van der Waals surface area (Å²) in [5.74, 6) is -0.662. The van der Waals surface area contributed by atoms with Crippen LogP contribution in [-0.2, 0) is 14.3 Å². The van der Waals surface area contributed by atoms with E-state index in [1.54, 1.807) is 4.90 Å². The minimum atomic E-state index is -1.05. The van der Waals surface area contributed by atoms with Gasteiger partial charge in [-0.1, -0.05) is 6.92 Å². The molecule has 1 aliphatic rings. The zero-order chi connectivity index (χ0) is 12.1. The number of aliphatic carboxylic acids is 1. The highest BCUT2D eigenvalue weighted by atomic mass is 16.5. The average molecular weight is 229 g/mol. The molecule has 5 heteroatoms. The highest BCUT2D eigenvalue weighted by Crippen LogP contribution is 2.22. The number of hydrogen-bond donors (Lipinski definition) is 1. The molecule has 0 aliphatic carbocycles. The van der Waals surface area contributed by atoms with Crippen molar-refractivity contribution in [2.45, 2.75) is 32.7 Å². The van der Waals surface area contributed by atoms with Crippen molar-refractivity contribution in [2.24, 2.45) is 5.92 Å². The van der Waals surface area contributed by atoms with Crippen LogP contribution in [0.4, 0.5) is 0 Å². The molecular weight excluding hydrogens is 210 g/mol. The van der Waals surface area contributed by atoms with Gasteiger partial charge in [-0.05, 0) is 25.7 Å². The lowest BCUT2D eigenvalue weighted by molar-refractivity contribution is -0.147. The maximum atomic E-state index is 11.7. The van der Waals surface area contributed by atoms with Crippen molar-refractivity contribution in [3.63, 3.8) is 0 Å². The molecule has 5 nitrogen and oxygen atoms in total. The van der Waals surface area contributed by atoms with Gasteiger partial charge in [0.15, 0.2) is 0 Å². The van der Waals surface area contributed by atoms with Gasteiger partial charge in [0.25, 0.3) is 0 Å². The number of carbonyl (C=O) groups excluding carboxylic acids is 1. The Kier molecular flexibility index (Phi) is 4.73. The largest absolute Gasteiger partial charge is 0.480 e. The predicted molar refractivity (Wildman–Crippen MR) is 58.0 cm³/mol. The Morgan fingerprint density at radius 1 is 1.38 bits per heavy atom. The van der Waals surface area contributed by atoms with E-state index in [1.165, 1.54) is 0 Å². The van der Waals surface area contributed by atoms with Crippen LogP contribution in [0.25, 0.3) is 0 Å². The molecule has 0 saturated carbocycles. The molecule has 1 amide bonds. The van der Waals surface area contributed by atoms with Crippen LogP contribution in [0.3, 0.4) is 0 Å². The molecular formula is C11H19NO4. The minimum Gasteiger partial charge on any atom is -0.480 e. The van der Waals surface area contributed by atoms with Gasteiger partial charge < -0.3 is 14.7 Å². The quantitative estimate of drug-likeness (QED) is 0.772. The summed E-state index contributed by atoms with van der Waals surface area (Å²) in [6.45, 7) is 4.36. The van der Waals surface area contributed by atoms with Crippen LogP contribution in [0.1, 0.15) is 26.7 Å². The van der Waals surface area contributed by atoms with Crippen molar-refractivity contribution < 1.29 is 19.4 Å². The standard InChI is InChI=1S/C11H19NO4/c1-8-4-3-5-12(9(8)2)10(13)6-16-7-11(14)15/h8-9H,3-7H2,1-2H3,(H,14,15). The van der Waals surface area contributed by atoms with Gasteiger partial charge in [0.1, 0.15) is 13.2 Å². The molecule has 1 aliphatic heterocycles. The molecule has 1 saturated heterocycles. The van der Waals surface area contributed by atoms with Gasteiger partial charge in [0, 0.05) is 12.6 Å². The molecule has 0 radical (unpaired) electrons. The number of carbonyl (C=O) groups is 2. The number of hydrogen-bond acceptors (Lipinski definition) is 3. The summed E-state index contributed by atoms with van der Waals surface area (Å²) in [6.07, 6.45) is 2.15. The van der Waals surface area contributed by atoms with Crippen LogP contribution >= 0.6 is 0 Å². The fraction of sp³-hybridized carbons (Fsp3) is 0.818. The van der Waals surface area contributed by atoms with Crippen LogP contribution in [0, 0.1) is 5.92 Å². The lowest BCUT2D eigenvalue weighted by Gasteiger charge is -2.37. The van der Waals surface area contributed by atoms with Crippen LogP contribution in [0.5, 0.6) is 0 Å². The third kappa shape index (κ3) is 3.48. The molecule has 0 bridgehead atoms. The summed E-state index contributed by atoms with van der Waals surface area (Å²) in [6, 6.07) is 0.217. The van der Waals surface area contributed by atoms with Crippen LogP contribution in [0.2, 0.25) is 0 Å². The first-order chi connectivity index (χ1) is 7.52. The fourth-order valence-corrected chi connectivity index (χ4v) is 2.00. The molecule has 0 aromatic heterocycles. The second kappa shape index (κ2) is 5.84. The maximum absolute atomic E-state index is 11.7. The van der Waals surface area contributed by atoms with Gasteiger partial charge in [0.2, 0.25) is 5.91 Å². The van der Waals surface area contributed by atoms with Crippen molar-refractivity contribution in [2.75, 3.05) is 19.8 Å². The number of amides is 1. The second-order valence-electron chi connectivity index (χ2n) is 4.33. The lowest BCUT2D eigenvalue weighted by atomic mass is 9.92. The van der Waals surface area contributed by atoms with Gasteiger partial charge in [-0.3, -0.25) is 4.79 Å². The zero-order valence-corrected chi connectivity index (χ0v) is 9.81. The minimum absolute atomic E-state index is 0.111. The van der Waals surface area contributed by atoms with E-state index in [2.05, 4.69) is 6.92 Å². The van der Waals surface area contributed by atoms with Crippen LogP contribution in [-0.4, -0.2) is 47.7 Å². The Morgan fingerprint density at radius 3 is 2.69 bits per heavy atom. The van der Waals surface area contributed by atoms with Gasteiger partial charge in [-0.15, -0.1) is 0 Å². The Morgan fingerprint density at radius 2 is 2.06 bits per heavy atom. The van der Waals surface area contributed by atoms with E-state index in [-0.39, 0.29) is 18.6 Å². The van der Waals surface area contributed by atoms with Crippen molar-refractivity contribution in [3.8, 4) is 0 Å². The van der Waals surface area contributed by atoms with Gasteiger partial charge >= 0.3 is 5.97 Å². The van der Waals surface area contributed by atoms with Gasteiger partial charge in [0.05, 0.1) is 0 Å². The van der Waals surface area contributed by atoms with E-state index in [0.29, 0.717) is 5.92 Å². The zero-order valence-electron chi connectivity index (χ0n) is 9.81. The smallest absolute Gasteiger partial charge is 0.329 e. The number of rotatable bonds is 4. The third-order valence-corrected chi connectivity index (χ3v) is 3.15. The Hall–Kier alpha value is -1.10. The Balaban J connectivity index is 2.37. The molecule has 1 heterocycles. The number of likely N-dealkylation sites (tertiary alicyclic amines) is 1. The van der Waals surface area contributed by atoms with Gasteiger partial charge in [-0.25, -0.2) is 4.79 Å². The molecule has 0 aromatic rings. The summed E-state index contributed by atoms with van der Waals surface area (Å²) in [4.78, 5) is 23.8. The maximum Gasteiger partial charge on any atom is 0.329 e. The number of nitrogens with zero attached hydrogens (tertiary/aromatic N) is 1. The molecule has 1 N–H and O–H groups in total. The fourth-order valence-electron chi connectivity index (χ4n) is 2.00.